The number of nitro benzene ring substituents is 1. The van der Waals surface area contributed by atoms with E-state index in [0.29, 0.717) is 11.1 Å². The van der Waals surface area contributed by atoms with E-state index in [1.165, 1.54) is 36.4 Å². The van der Waals surface area contributed by atoms with Crippen molar-refractivity contribution < 1.29 is 22.8 Å². The van der Waals surface area contributed by atoms with Gasteiger partial charge in [-0.3, -0.25) is 14.9 Å². The van der Waals surface area contributed by atoms with Gasteiger partial charge in [0, 0.05) is 22.8 Å². The molecule has 42 heavy (non-hydrogen) atoms. The van der Waals surface area contributed by atoms with Crippen LogP contribution in [0.25, 0.3) is 22.3 Å². The zero-order chi connectivity index (χ0) is 29.9. The first kappa shape index (κ1) is 27.7. The van der Waals surface area contributed by atoms with Crippen molar-refractivity contribution in [3.8, 4) is 23.2 Å². The van der Waals surface area contributed by atoms with Crippen molar-refractivity contribution in [1.82, 2.24) is 9.66 Å². The Morgan fingerprint density at radius 1 is 1.02 bits per heavy atom. The molecule has 0 saturated heterocycles. The number of halogens is 3. The monoisotopic (exact) mass is 569 g/mol. The molecule has 0 amide bonds. The fourth-order valence-electron chi connectivity index (χ4n) is 4.22. The van der Waals surface area contributed by atoms with Crippen molar-refractivity contribution in [1.29, 1.82) is 5.26 Å². The summed E-state index contributed by atoms with van der Waals surface area (Å²) in [6.45, 7) is -0.178. The second-order valence-corrected chi connectivity index (χ2v) is 8.90. The van der Waals surface area contributed by atoms with Gasteiger partial charge in [0.25, 0.3) is 5.56 Å². The number of alkyl halides is 3. The highest BCUT2D eigenvalue weighted by Gasteiger charge is 2.31. The standard InChI is InChI=1S/C30H18F3N5O4/c31-30(32,33)23-11-5-9-19(15-23)28-36-25-13-4-3-12-24(25)29(39)37(28)35-17-21-10-6-14-26(38(40)41)27(21)42-18-22-8-2-1-7-20(22)16-34/h1-15,17H,18H2. The number of ether oxygens (including phenoxy) is 1. The fourth-order valence-corrected chi connectivity index (χ4v) is 4.22. The Morgan fingerprint density at radius 2 is 1.76 bits per heavy atom. The molecule has 0 unspecified atom stereocenters. The van der Waals surface area contributed by atoms with Crippen LogP contribution in [0.4, 0.5) is 18.9 Å². The van der Waals surface area contributed by atoms with Crippen LogP contribution in [0.5, 0.6) is 5.75 Å². The fraction of sp³-hybridized carbons (Fsp3) is 0.0667. The lowest BCUT2D eigenvalue weighted by molar-refractivity contribution is -0.386. The Labute approximate surface area is 235 Å². The quantitative estimate of drug-likeness (QED) is 0.128. The lowest BCUT2D eigenvalue weighted by Gasteiger charge is -2.13. The summed E-state index contributed by atoms with van der Waals surface area (Å²) >= 11 is 0. The van der Waals surface area contributed by atoms with E-state index in [1.807, 2.05) is 6.07 Å². The Balaban J connectivity index is 1.64. The molecule has 0 saturated carbocycles. The Morgan fingerprint density at radius 3 is 2.52 bits per heavy atom. The van der Waals surface area contributed by atoms with Crippen molar-refractivity contribution >= 4 is 22.8 Å². The van der Waals surface area contributed by atoms with Crippen LogP contribution in [0.2, 0.25) is 0 Å². The molecule has 0 fully saturated rings. The third-order valence-electron chi connectivity index (χ3n) is 6.25. The van der Waals surface area contributed by atoms with E-state index in [0.717, 1.165) is 23.0 Å². The lowest BCUT2D eigenvalue weighted by atomic mass is 10.1. The summed E-state index contributed by atoms with van der Waals surface area (Å²) in [6, 6.07) is 23.3. The van der Waals surface area contributed by atoms with E-state index in [9.17, 15) is 33.3 Å². The first-order chi connectivity index (χ1) is 20.2. The van der Waals surface area contributed by atoms with Crippen LogP contribution in [0.3, 0.4) is 0 Å². The summed E-state index contributed by atoms with van der Waals surface area (Å²) in [5.41, 5.74) is -0.854. The molecule has 0 aliphatic rings. The number of nitriles is 1. The van der Waals surface area contributed by atoms with Gasteiger partial charge in [-0.1, -0.05) is 48.5 Å². The van der Waals surface area contributed by atoms with E-state index >= 15 is 0 Å². The molecule has 4 aromatic carbocycles. The smallest absolute Gasteiger partial charge is 0.416 e. The minimum Gasteiger partial charge on any atom is -0.481 e. The van der Waals surface area contributed by atoms with Crippen molar-refractivity contribution in [2.75, 3.05) is 0 Å². The normalized spacial score (nSPS) is 11.5. The largest absolute Gasteiger partial charge is 0.481 e. The summed E-state index contributed by atoms with van der Waals surface area (Å²) in [5.74, 6) is -0.349. The molecule has 0 radical (unpaired) electrons. The number of para-hydroxylation sites is 2. The van der Waals surface area contributed by atoms with Gasteiger partial charge in [0.2, 0.25) is 5.75 Å². The first-order valence-electron chi connectivity index (χ1n) is 12.3. The van der Waals surface area contributed by atoms with E-state index in [4.69, 9.17) is 4.74 Å². The predicted octanol–water partition coefficient (Wildman–Crippen LogP) is 6.32. The molecule has 0 aliphatic heterocycles. The summed E-state index contributed by atoms with van der Waals surface area (Å²) in [5, 5.41) is 25.6. The zero-order valence-electron chi connectivity index (χ0n) is 21.4. The van der Waals surface area contributed by atoms with Gasteiger partial charge >= 0.3 is 11.9 Å². The van der Waals surface area contributed by atoms with Gasteiger partial charge in [-0.2, -0.15) is 28.2 Å². The van der Waals surface area contributed by atoms with Crippen LogP contribution in [0.15, 0.2) is 101 Å². The van der Waals surface area contributed by atoms with E-state index in [-0.39, 0.29) is 40.2 Å². The van der Waals surface area contributed by atoms with Gasteiger partial charge in [0.15, 0.2) is 5.82 Å². The van der Waals surface area contributed by atoms with Crippen molar-refractivity contribution in [3.63, 3.8) is 0 Å². The van der Waals surface area contributed by atoms with Crippen molar-refractivity contribution in [2.45, 2.75) is 12.8 Å². The minimum atomic E-state index is -4.64. The van der Waals surface area contributed by atoms with Gasteiger partial charge < -0.3 is 4.74 Å². The highest BCUT2D eigenvalue weighted by Crippen LogP contribution is 2.33. The number of aromatic nitrogens is 2. The van der Waals surface area contributed by atoms with Gasteiger partial charge in [-0.25, -0.2) is 4.98 Å². The second kappa shape index (κ2) is 11.3. The maximum atomic E-state index is 13.5. The number of hydrogen-bond acceptors (Lipinski definition) is 7. The van der Waals surface area contributed by atoms with Gasteiger partial charge in [0.05, 0.1) is 39.2 Å². The third-order valence-corrected chi connectivity index (χ3v) is 6.25. The van der Waals surface area contributed by atoms with Gasteiger partial charge in [0.1, 0.15) is 6.61 Å². The number of hydrogen-bond donors (Lipinski definition) is 0. The van der Waals surface area contributed by atoms with E-state index < -0.39 is 27.9 Å². The molecule has 5 rings (SSSR count). The number of nitrogens with zero attached hydrogens (tertiary/aromatic N) is 5. The summed E-state index contributed by atoms with van der Waals surface area (Å²) < 4.78 is 47.1. The van der Waals surface area contributed by atoms with Crippen LogP contribution in [-0.4, -0.2) is 20.8 Å². The molecular weight excluding hydrogens is 551 g/mol. The third kappa shape index (κ3) is 5.57. The van der Waals surface area contributed by atoms with Crippen LogP contribution in [0.1, 0.15) is 22.3 Å². The SMILES string of the molecule is N#Cc1ccccc1COc1c(C=Nn2c(-c3cccc(C(F)(F)F)c3)nc3ccccc3c2=O)cccc1[N+](=O)[O-]. The Hall–Kier alpha value is -5.83. The average molecular weight is 569 g/mol. The number of nitro groups is 1. The molecular formula is C30H18F3N5O4. The predicted molar refractivity (Wildman–Crippen MR) is 148 cm³/mol. The summed E-state index contributed by atoms with van der Waals surface area (Å²) in [4.78, 5) is 29.1. The van der Waals surface area contributed by atoms with E-state index in [2.05, 4.69) is 10.1 Å². The summed E-state index contributed by atoms with van der Waals surface area (Å²) in [6.07, 6.45) is -3.51. The molecule has 9 nitrogen and oxygen atoms in total. The summed E-state index contributed by atoms with van der Waals surface area (Å²) in [7, 11) is 0. The second-order valence-electron chi connectivity index (χ2n) is 8.90. The van der Waals surface area contributed by atoms with Gasteiger partial charge in [-0.05, 0) is 36.4 Å². The molecule has 0 spiro atoms. The number of fused-ring (bicyclic) bond motifs is 1. The average Bonchev–Trinajstić information content (AvgIpc) is 2.99. The van der Waals surface area contributed by atoms with Gasteiger partial charge in [-0.15, -0.1) is 0 Å². The number of benzene rings is 4. The highest BCUT2D eigenvalue weighted by atomic mass is 19.4. The van der Waals surface area contributed by atoms with E-state index in [1.54, 1.807) is 42.5 Å². The van der Waals surface area contributed by atoms with Crippen LogP contribution in [0, 0.1) is 21.4 Å². The molecule has 0 N–H and O–H groups in total. The van der Waals surface area contributed by atoms with Crippen LogP contribution >= 0.6 is 0 Å². The maximum Gasteiger partial charge on any atom is 0.416 e. The van der Waals surface area contributed by atoms with Crippen molar-refractivity contribution in [3.05, 3.63) is 134 Å². The van der Waals surface area contributed by atoms with Crippen LogP contribution in [-0.2, 0) is 12.8 Å². The van der Waals surface area contributed by atoms with Crippen LogP contribution < -0.4 is 10.3 Å². The Kier molecular flexibility index (Phi) is 7.49. The molecule has 0 atom stereocenters. The minimum absolute atomic E-state index is 0.0199. The van der Waals surface area contributed by atoms with Crippen molar-refractivity contribution in [2.24, 2.45) is 5.10 Å². The highest BCUT2D eigenvalue weighted by molar-refractivity contribution is 5.86. The number of rotatable bonds is 7. The molecule has 208 valence electrons. The molecule has 1 aromatic heterocycles. The molecule has 12 heteroatoms. The lowest BCUT2D eigenvalue weighted by Crippen LogP contribution is -2.20. The Bertz CT molecular complexity index is 1960. The maximum absolute atomic E-state index is 13.5. The molecule has 0 aliphatic carbocycles. The molecule has 1 heterocycles. The topological polar surface area (TPSA) is 123 Å². The molecule has 0 bridgehead atoms. The zero-order valence-corrected chi connectivity index (χ0v) is 21.4. The molecule has 5 aromatic rings. The first-order valence-corrected chi connectivity index (χ1v) is 12.3.